The van der Waals surface area contributed by atoms with Crippen molar-refractivity contribution < 1.29 is 23.6 Å². The van der Waals surface area contributed by atoms with Crippen LogP contribution in [0.4, 0.5) is 15.8 Å². The maximum absolute atomic E-state index is 12.9. The summed E-state index contributed by atoms with van der Waals surface area (Å²) in [5.41, 5.74) is 1.14. The second kappa shape index (κ2) is 8.96. The molecule has 0 fully saturated rings. The third kappa shape index (κ3) is 5.56. The Hall–Kier alpha value is -2.93. The van der Waals surface area contributed by atoms with Gasteiger partial charge in [0.25, 0.3) is 11.8 Å². The van der Waals surface area contributed by atoms with Crippen molar-refractivity contribution in [2.45, 2.75) is 13.0 Å². The molecule has 0 heterocycles. The Labute approximate surface area is 152 Å². The van der Waals surface area contributed by atoms with Crippen molar-refractivity contribution in [1.82, 2.24) is 0 Å². The van der Waals surface area contributed by atoms with Gasteiger partial charge in [-0.2, -0.15) is 0 Å². The second-order valence-electron chi connectivity index (χ2n) is 6.02. The van der Waals surface area contributed by atoms with Gasteiger partial charge in [0.15, 0.2) is 12.6 Å². The normalized spacial score (nSPS) is 12.8. The van der Waals surface area contributed by atoms with Crippen LogP contribution in [0.1, 0.15) is 6.92 Å². The predicted molar refractivity (Wildman–Crippen MR) is 97.9 cm³/mol. The lowest BCUT2D eigenvalue weighted by Crippen LogP contribution is -3.14. The predicted octanol–water partition coefficient (Wildman–Crippen LogP) is 1.31. The minimum atomic E-state index is -0.444. The highest BCUT2D eigenvalue weighted by Crippen LogP contribution is 2.16. The molecule has 2 aromatic rings. The van der Waals surface area contributed by atoms with Crippen molar-refractivity contribution in [3.8, 4) is 5.75 Å². The number of methoxy groups -OCH3 is 1. The number of benzene rings is 2. The third-order valence-corrected chi connectivity index (χ3v) is 4.04. The van der Waals surface area contributed by atoms with Gasteiger partial charge in [0.1, 0.15) is 11.6 Å². The highest BCUT2D eigenvalue weighted by atomic mass is 19.1. The summed E-state index contributed by atoms with van der Waals surface area (Å²) in [7, 11) is 3.32. The monoisotopic (exact) mass is 360 g/mol. The average molecular weight is 360 g/mol. The van der Waals surface area contributed by atoms with Crippen LogP contribution in [0.25, 0.3) is 0 Å². The Morgan fingerprint density at radius 2 is 1.81 bits per heavy atom. The van der Waals surface area contributed by atoms with Gasteiger partial charge in [-0.05, 0) is 43.3 Å². The van der Waals surface area contributed by atoms with Crippen molar-refractivity contribution in [2.24, 2.45) is 0 Å². The molecule has 0 aromatic heterocycles. The molecule has 6 nitrogen and oxygen atoms in total. The van der Waals surface area contributed by atoms with Crippen LogP contribution in [-0.2, 0) is 9.59 Å². The average Bonchev–Trinajstić information content (AvgIpc) is 2.63. The fourth-order valence-corrected chi connectivity index (χ4v) is 2.32. The zero-order chi connectivity index (χ0) is 19.1. The summed E-state index contributed by atoms with van der Waals surface area (Å²) in [5.74, 6) is -0.177. The molecule has 138 valence electrons. The quantitative estimate of drug-likeness (QED) is 0.697. The molecule has 2 rings (SSSR count). The molecule has 0 spiro atoms. The number of halogens is 1. The molecule has 0 aliphatic rings. The van der Waals surface area contributed by atoms with Crippen LogP contribution < -0.4 is 20.3 Å². The van der Waals surface area contributed by atoms with Crippen molar-refractivity contribution in [3.05, 3.63) is 54.3 Å². The van der Waals surface area contributed by atoms with Crippen LogP contribution in [0.5, 0.6) is 5.75 Å². The highest BCUT2D eigenvalue weighted by molar-refractivity contribution is 5.94. The van der Waals surface area contributed by atoms with E-state index in [-0.39, 0.29) is 24.2 Å². The summed E-state index contributed by atoms with van der Waals surface area (Å²) in [5, 5.41) is 5.50. The molecule has 0 aliphatic carbocycles. The summed E-state index contributed by atoms with van der Waals surface area (Å²) in [6.45, 7) is 1.85. The van der Waals surface area contributed by atoms with E-state index in [2.05, 4.69) is 10.6 Å². The first-order valence-corrected chi connectivity index (χ1v) is 8.21. The molecule has 7 heteroatoms. The number of anilines is 2. The molecule has 2 aromatic carbocycles. The van der Waals surface area contributed by atoms with E-state index in [4.69, 9.17) is 4.74 Å². The fraction of sp³-hybridized carbons (Fsp3) is 0.263. The van der Waals surface area contributed by atoms with Gasteiger partial charge < -0.3 is 20.3 Å². The van der Waals surface area contributed by atoms with Crippen LogP contribution in [-0.4, -0.2) is 38.6 Å². The first-order chi connectivity index (χ1) is 12.4. The maximum Gasteiger partial charge on any atom is 0.282 e. The molecule has 1 unspecified atom stereocenters. The molecule has 2 atom stereocenters. The van der Waals surface area contributed by atoms with Gasteiger partial charge in [0, 0.05) is 17.4 Å². The van der Waals surface area contributed by atoms with Crippen LogP contribution in [0, 0.1) is 5.82 Å². The van der Waals surface area contributed by atoms with Crippen LogP contribution >= 0.6 is 0 Å². The minimum Gasteiger partial charge on any atom is -0.497 e. The molecular weight excluding hydrogens is 337 g/mol. The largest absolute Gasteiger partial charge is 0.497 e. The molecule has 3 N–H and O–H groups in total. The number of hydrogen-bond acceptors (Lipinski definition) is 3. The Morgan fingerprint density at radius 1 is 1.12 bits per heavy atom. The standard InChI is InChI=1S/C19H22FN3O3/c1-13(19(25)22-16-5-4-6-17(11-16)26-3)23(2)12-18(24)21-15-9-7-14(20)8-10-15/h4-11,13H,12H2,1-3H3,(H,21,24)(H,22,25)/p+1/t13-/m1/s1. The summed E-state index contributed by atoms with van der Waals surface area (Å²) >= 11 is 0. The molecule has 0 saturated carbocycles. The minimum absolute atomic E-state index is 0.101. The summed E-state index contributed by atoms with van der Waals surface area (Å²) < 4.78 is 18.0. The second-order valence-corrected chi connectivity index (χ2v) is 6.02. The first-order valence-electron chi connectivity index (χ1n) is 8.21. The molecule has 0 saturated heterocycles. The smallest absolute Gasteiger partial charge is 0.282 e. The van der Waals surface area contributed by atoms with Crippen LogP contribution in [0.2, 0.25) is 0 Å². The van der Waals surface area contributed by atoms with Gasteiger partial charge in [-0.25, -0.2) is 4.39 Å². The van der Waals surface area contributed by atoms with E-state index in [1.54, 1.807) is 45.3 Å². The van der Waals surface area contributed by atoms with E-state index in [1.165, 1.54) is 24.3 Å². The fourth-order valence-electron chi connectivity index (χ4n) is 2.32. The zero-order valence-electron chi connectivity index (χ0n) is 15.0. The highest BCUT2D eigenvalue weighted by Gasteiger charge is 2.24. The van der Waals surface area contributed by atoms with E-state index < -0.39 is 6.04 Å². The van der Waals surface area contributed by atoms with Gasteiger partial charge in [0.05, 0.1) is 14.2 Å². The van der Waals surface area contributed by atoms with Crippen molar-refractivity contribution >= 4 is 23.2 Å². The number of carbonyl (C=O) groups excluding carboxylic acids is 2. The molecule has 26 heavy (non-hydrogen) atoms. The first kappa shape index (κ1) is 19.4. The van der Waals surface area contributed by atoms with E-state index >= 15 is 0 Å². The summed E-state index contributed by atoms with van der Waals surface area (Å²) in [4.78, 5) is 25.2. The maximum atomic E-state index is 12.9. The summed E-state index contributed by atoms with van der Waals surface area (Å²) in [6, 6.07) is 12.1. The number of carbonyl (C=O) groups is 2. The number of hydrogen-bond donors (Lipinski definition) is 3. The molecule has 0 aliphatic heterocycles. The molecule has 0 bridgehead atoms. The molecular formula is C19H23FN3O3+. The van der Waals surface area contributed by atoms with E-state index in [0.717, 1.165) is 4.90 Å². The Bertz CT molecular complexity index is 765. The molecule has 0 radical (unpaired) electrons. The van der Waals surface area contributed by atoms with E-state index in [0.29, 0.717) is 17.1 Å². The van der Waals surface area contributed by atoms with Crippen LogP contribution in [0.3, 0.4) is 0 Å². The topological polar surface area (TPSA) is 71.9 Å². The number of amides is 2. The zero-order valence-corrected chi connectivity index (χ0v) is 15.0. The number of nitrogens with one attached hydrogen (secondary N) is 3. The van der Waals surface area contributed by atoms with Crippen molar-refractivity contribution in [1.29, 1.82) is 0 Å². The van der Waals surface area contributed by atoms with Gasteiger partial charge in [-0.3, -0.25) is 9.59 Å². The number of quaternary nitrogens is 1. The Balaban J connectivity index is 1.88. The SMILES string of the molecule is COc1cccc(NC(=O)[C@@H](C)[NH+](C)CC(=O)Nc2ccc(F)cc2)c1. The van der Waals surface area contributed by atoms with Gasteiger partial charge in [-0.1, -0.05) is 6.07 Å². The van der Waals surface area contributed by atoms with Crippen LogP contribution in [0.15, 0.2) is 48.5 Å². The number of likely N-dealkylation sites (N-methyl/N-ethyl adjacent to an activating group) is 1. The van der Waals surface area contributed by atoms with Crippen molar-refractivity contribution in [3.63, 3.8) is 0 Å². The van der Waals surface area contributed by atoms with Gasteiger partial charge in [-0.15, -0.1) is 0 Å². The summed E-state index contributed by atoms with van der Waals surface area (Å²) in [6.07, 6.45) is 0. The van der Waals surface area contributed by atoms with E-state index in [9.17, 15) is 14.0 Å². The van der Waals surface area contributed by atoms with Gasteiger partial charge >= 0.3 is 0 Å². The number of rotatable bonds is 7. The van der Waals surface area contributed by atoms with Gasteiger partial charge in [0.2, 0.25) is 0 Å². The Morgan fingerprint density at radius 3 is 2.46 bits per heavy atom. The number of ether oxygens (including phenoxy) is 1. The lowest BCUT2D eigenvalue weighted by atomic mass is 10.2. The van der Waals surface area contributed by atoms with E-state index in [1.807, 2.05) is 0 Å². The lowest BCUT2D eigenvalue weighted by Gasteiger charge is -2.20. The Kier molecular flexibility index (Phi) is 6.68. The lowest BCUT2D eigenvalue weighted by molar-refractivity contribution is -0.885. The third-order valence-electron chi connectivity index (χ3n) is 4.04. The van der Waals surface area contributed by atoms with Crippen molar-refractivity contribution in [2.75, 3.05) is 31.3 Å². The molecule has 2 amide bonds.